The summed E-state index contributed by atoms with van der Waals surface area (Å²) in [6.07, 6.45) is 16.6. The smallest absolute Gasteiger partial charge is 0.334 e. The maximum atomic E-state index is 13.1. The second kappa shape index (κ2) is 9.49. The maximum absolute atomic E-state index is 13.1. The Hall–Kier alpha value is -1.57. The van der Waals surface area contributed by atoms with Gasteiger partial charge >= 0.3 is 5.97 Å². The third kappa shape index (κ3) is 5.13. The molecular formula is C27H42O2. The van der Waals surface area contributed by atoms with E-state index >= 15 is 0 Å². The van der Waals surface area contributed by atoms with Crippen LogP contribution in [-0.2, 0) is 9.53 Å². The van der Waals surface area contributed by atoms with Gasteiger partial charge in [-0.3, -0.25) is 0 Å². The van der Waals surface area contributed by atoms with Gasteiger partial charge < -0.3 is 4.74 Å². The zero-order valence-corrected chi connectivity index (χ0v) is 19.7. The first-order valence-corrected chi connectivity index (χ1v) is 11.5. The van der Waals surface area contributed by atoms with E-state index in [1.165, 1.54) is 25.7 Å². The molecule has 0 heterocycles. The van der Waals surface area contributed by atoms with Gasteiger partial charge in [-0.2, -0.15) is 0 Å². The lowest BCUT2D eigenvalue weighted by atomic mass is 9.64. The summed E-state index contributed by atoms with van der Waals surface area (Å²) in [7, 11) is 0. The third-order valence-electron chi connectivity index (χ3n) is 7.24. The number of ether oxygens (including phenoxy) is 1. The molecule has 0 radical (unpaired) electrons. The molecule has 0 N–H and O–H groups in total. The fourth-order valence-electron chi connectivity index (χ4n) is 5.29. The largest absolute Gasteiger partial charge is 0.463 e. The summed E-state index contributed by atoms with van der Waals surface area (Å²) in [4.78, 5) is 13.1. The molecule has 0 spiro atoms. The van der Waals surface area contributed by atoms with Crippen molar-refractivity contribution in [2.45, 2.75) is 92.9 Å². The van der Waals surface area contributed by atoms with Crippen LogP contribution in [0.25, 0.3) is 0 Å². The van der Waals surface area contributed by atoms with E-state index in [1.807, 2.05) is 25.2 Å². The van der Waals surface area contributed by atoms with Gasteiger partial charge in [-0.05, 0) is 49.9 Å². The second-order valence-electron chi connectivity index (χ2n) is 10.2. The summed E-state index contributed by atoms with van der Waals surface area (Å²) < 4.78 is 5.55. The van der Waals surface area contributed by atoms with Crippen molar-refractivity contribution in [2.75, 3.05) is 6.61 Å². The van der Waals surface area contributed by atoms with Crippen LogP contribution in [0.1, 0.15) is 92.9 Å². The van der Waals surface area contributed by atoms with Crippen molar-refractivity contribution >= 4 is 5.97 Å². The molecule has 0 bridgehead atoms. The minimum absolute atomic E-state index is 0.142. The lowest BCUT2D eigenvalue weighted by Crippen LogP contribution is -2.28. The van der Waals surface area contributed by atoms with Crippen molar-refractivity contribution in [3.63, 3.8) is 0 Å². The van der Waals surface area contributed by atoms with Crippen molar-refractivity contribution < 1.29 is 9.53 Å². The summed E-state index contributed by atoms with van der Waals surface area (Å²) in [5, 5.41) is 0. The molecule has 2 nitrogen and oxygen atoms in total. The first kappa shape index (κ1) is 23.7. The molecule has 0 amide bonds. The Morgan fingerprint density at radius 3 is 2.07 bits per heavy atom. The highest BCUT2D eigenvalue weighted by Crippen LogP contribution is 2.63. The Morgan fingerprint density at radius 1 is 1.00 bits per heavy atom. The van der Waals surface area contributed by atoms with Crippen LogP contribution < -0.4 is 0 Å². The van der Waals surface area contributed by atoms with Crippen LogP contribution >= 0.6 is 0 Å². The van der Waals surface area contributed by atoms with E-state index in [0.717, 1.165) is 31.3 Å². The van der Waals surface area contributed by atoms with Crippen molar-refractivity contribution in [1.29, 1.82) is 0 Å². The molecule has 29 heavy (non-hydrogen) atoms. The molecule has 2 aliphatic rings. The molecule has 0 saturated carbocycles. The Balaban J connectivity index is 2.54. The van der Waals surface area contributed by atoms with Crippen LogP contribution in [0.5, 0.6) is 0 Å². The van der Waals surface area contributed by atoms with E-state index in [2.05, 4.69) is 41.2 Å². The van der Waals surface area contributed by atoms with Gasteiger partial charge in [0.2, 0.25) is 0 Å². The van der Waals surface area contributed by atoms with Crippen LogP contribution in [0.2, 0.25) is 0 Å². The highest BCUT2D eigenvalue weighted by atomic mass is 16.5. The van der Waals surface area contributed by atoms with Gasteiger partial charge in [0.25, 0.3) is 0 Å². The predicted molar refractivity (Wildman–Crippen MR) is 124 cm³/mol. The highest BCUT2D eigenvalue weighted by molar-refractivity contribution is 5.91. The van der Waals surface area contributed by atoms with Crippen molar-refractivity contribution in [3.05, 3.63) is 47.6 Å². The quantitative estimate of drug-likeness (QED) is 0.131. The average molecular weight is 399 g/mol. The normalized spacial score (nSPS) is 22.6. The molecule has 0 aromatic heterocycles. The first-order chi connectivity index (χ1) is 13.6. The molecule has 162 valence electrons. The number of hydrogen-bond acceptors (Lipinski definition) is 2. The number of allylic oxidation sites excluding steroid dienone is 6. The fraction of sp³-hybridized carbons (Fsp3) is 0.667. The molecule has 2 heteroatoms. The molecular weight excluding hydrogens is 356 g/mol. The van der Waals surface area contributed by atoms with E-state index < -0.39 is 0 Å². The van der Waals surface area contributed by atoms with E-state index in [9.17, 15) is 4.79 Å². The highest BCUT2D eigenvalue weighted by Gasteiger charge is 2.51. The summed E-state index contributed by atoms with van der Waals surface area (Å²) in [6.45, 7) is 17.9. The Labute approximate surface area is 179 Å². The molecule has 0 fully saturated rings. The number of carbonyl (C=O) groups excluding carboxylic acids is 1. The van der Waals surface area contributed by atoms with Gasteiger partial charge in [-0.1, -0.05) is 95.9 Å². The topological polar surface area (TPSA) is 26.3 Å². The van der Waals surface area contributed by atoms with Gasteiger partial charge in [-0.25, -0.2) is 4.79 Å². The molecule has 0 atom stereocenters. The van der Waals surface area contributed by atoms with Crippen LogP contribution in [-0.4, -0.2) is 12.6 Å². The molecule has 0 aromatic rings. The minimum Gasteiger partial charge on any atom is -0.463 e. The molecule has 2 aliphatic carbocycles. The van der Waals surface area contributed by atoms with Crippen molar-refractivity contribution in [2.24, 2.45) is 16.2 Å². The van der Waals surface area contributed by atoms with Crippen LogP contribution in [0.3, 0.4) is 0 Å². The number of esters is 1. The Morgan fingerprint density at radius 2 is 1.59 bits per heavy atom. The lowest BCUT2D eigenvalue weighted by molar-refractivity contribution is -0.140. The van der Waals surface area contributed by atoms with Crippen LogP contribution in [0, 0.1) is 16.2 Å². The molecule has 0 saturated heterocycles. The summed E-state index contributed by atoms with van der Waals surface area (Å²) in [5.74, 6) is -0.145. The Kier molecular flexibility index (Phi) is 7.76. The lowest BCUT2D eigenvalue weighted by Gasteiger charge is -2.41. The zero-order valence-electron chi connectivity index (χ0n) is 19.7. The van der Waals surface area contributed by atoms with Crippen LogP contribution in [0.15, 0.2) is 47.6 Å². The van der Waals surface area contributed by atoms with Crippen molar-refractivity contribution in [1.82, 2.24) is 0 Å². The van der Waals surface area contributed by atoms with E-state index in [1.54, 1.807) is 17.2 Å². The number of hydrogen-bond donors (Lipinski definition) is 0. The SMILES string of the molecule is C=CC=CC=C(C(=O)OCC)C1(CCCCC)CC2=C(C1)C(C)(C)CCC2(C)C. The summed E-state index contributed by atoms with van der Waals surface area (Å²) >= 11 is 0. The summed E-state index contributed by atoms with van der Waals surface area (Å²) in [5.41, 5.74) is 4.36. The van der Waals surface area contributed by atoms with Gasteiger partial charge in [0.05, 0.1) is 6.61 Å². The maximum Gasteiger partial charge on any atom is 0.334 e. The van der Waals surface area contributed by atoms with Crippen molar-refractivity contribution in [3.8, 4) is 0 Å². The first-order valence-electron chi connectivity index (χ1n) is 11.5. The predicted octanol–water partition coefficient (Wildman–Crippen LogP) is 7.72. The average Bonchev–Trinajstić information content (AvgIpc) is 3.06. The fourth-order valence-corrected chi connectivity index (χ4v) is 5.29. The van der Waals surface area contributed by atoms with E-state index in [-0.39, 0.29) is 22.2 Å². The second-order valence-corrected chi connectivity index (χ2v) is 10.2. The number of carbonyl (C=O) groups is 1. The standard InChI is InChI=1S/C27H42O2/c1-8-11-13-15-21(24(28)29-10-3)27(16-14-12-9-2)19-22-23(20-27)26(6,7)18-17-25(22,4)5/h8,11,13,15H,1,9-10,12,14,16-20H2,2-7H3. The van der Waals surface area contributed by atoms with Gasteiger partial charge in [0.1, 0.15) is 0 Å². The molecule has 0 aromatic carbocycles. The molecule has 0 unspecified atom stereocenters. The van der Waals surface area contributed by atoms with Gasteiger partial charge in [-0.15, -0.1) is 0 Å². The monoisotopic (exact) mass is 398 g/mol. The number of rotatable bonds is 9. The van der Waals surface area contributed by atoms with E-state index in [0.29, 0.717) is 6.61 Å². The molecule has 2 rings (SSSR count). The Bertz CT molecular complexity index is 672. The summed E-state index contributed by atoms with van der Waals surface area (Å²) in [6, 6.07) is 0. The van der Waals surface area contributed by atoms with E-state index in [4.69, 9.17) is 4.74 Å². The number of unbranched alkanes of at least 4 members (excludes halogenated alkanes) is 2. The molecule has 0 aliphatic heterocycles. The van der Waals surface area contributed by atoms with Crippen LogP contribution in [0.4, 0.5) is 0 Å². The third-order valence-corrected chi connectivity index (χ3v) is 7.24. The zero-order chi connectivity index (χ0) is 21.7. The van der Waals surface area contributed by atoms with Gasteiger partial charge in [0.15, 0.2) is 0 Å². The minimum atomic E-state index is -0.145. The van der Waals surface area contributed by atoms with Gasteiger partial charge in [0, 0.05) is 11.0 Å².